The number of rotatable bonds is 0. The van der Waals surface area contributed by atoms with E-state index in [0.29, 0.717) is 5.02 Å². The Bertz CT molecular complexity index is 620. The predicted octanol–water partition coefficient (Wildman–Crippen LogP) is 4.05. The highest BCUT2D eigenvalue weighted by atomic mass is 35.5. The Hall–Kier alpha value is -1.28. The molecule has 94 valence electrons. The van der Waals surface area contributed by atoms with Crippen molar-refractivity contribution in [1.82, 2.24) is 4.98 Å². The molecule has 0 spiro atoms. The lowest BCUT2D eigenvalue weighted by molar-refractivity contribution is 0.709. The average Bonchev–Trinajstić information content (AvgIpc) is 2.59. The summed E-state index contributed by atoms with van der Waals surface area (Å²) in [5.74, 6) is 0. The van der Waals surface area contributed by atoms with E-state index in [1.807, 2.05) is 12.1 Å². The van der Waals surface area contributed by atoms with E-state index in [1.54, 1.807) is 0 Å². The largest absolute Gasteiger partial charge is 0.398 e. The normalized spacial score (nSPS) is 15.4. The number of benzene rings is 1. The van der Waals surface area contributed by atoms with Gasteiger partial charge in [-0.15, -0.1) is 0 Å². The van der Waals surface area contributed by atoms with Crippen LogP contribution in [0.3, 0.4) is 0 Å². The van der Waals surface area contributed by atoms with E-state index in [9.17, 15) is 0 Å². The Kier molecular flexibility index (Phi) is 2.90. The standard InChI is InChI=1S/C15H17ClN2/c1-9-7-8-11(16)13-14(17)10-5-3-2-4-6-12(10)18-15(9)13/h7-8H,2-6H2,1H3,(H2,17,18). The number of aromatic nitrogens is 1. The lowest BCUT2D eigenvalue weighted by Crippen LogP contribution is -2.04. The second-order valence-electron chi connectivity index (χ2n) is 5.10. The van der Waals surface area contributed by atoms with Crippen LogP contribution in [0.15, 0.2) is 12.1 Å². The highest BCUT2D eigenvalue weighted by Crippen LogP contribution is 2.35. The molecule has 0 saturated heterocycles. The molecule has 1 aromatic carbocycles. The number of aryl methyl sites for hydroxylation is 2. The topological polar surface area (TPSA) is 38.9 Å². The van der Waals surface area contributed by atoms with Gasteiger partial charge < -0.3 is 5.73 Å². The van der Waals surface area contributed by atoms with Gasteiger partial charge in [0.15, 0.2) is 0 Å². The number of pyridine rings is 1. The monoisotopic (exact) mass is 260 g/mol. The number of nitrogens with zero attached hydrogens (tertiary/aromatic N) is 1. The minimum atomic E-state index is 0.715. The van der Waals surface area contributed by atoms with Crippen LogP contribution in [-0.4, -0.2) is 4.98 Å². The lowest BCUT2D eigenvalue weighted by Gasteiger charge is -2.14. The minimum absolute atomic E-state index is 0.715. The molecule has 2 nitrogen and oxygen atoms in total. The maximum atomic E-state index is 6.35. The molecule has 3 rings (SSSR count). The summed E-state index contributed by atoms with van der Waals surface area (Å²) < 4.78 is 0. The summed E-state index contributed by atoms with van der Waals surface area (Å²) in [6.45, 7) is 2.06. The molecule has 2 N–H and O–H groups in total. The fourth-order valence-corrected chi connectivity index (χ4v) is 3.09. The first kappa shape index (κ1) is 11.8. The van der Waals surface area contributed by atoms with Crippen molar-refractivity contribution < 1.29 is 0 Å². The molecule has 0 unspecified atom stereocenters. The maximum absolute atomic E-state index is 6.35. The van der Waals surface area contributed by atoms with E-state index in [-0.39, 0.29) is 0 Å². The van der Waals surface area contributed by atoms with Gasteiger partial charge in [0.05, 0.1) is 10.5 Å². The molecular formula is C15H17ClN2. The molecule has 0 amide bonds. The van der Waals surface area contributed by atoms with Gasteiger partial charge in [0.1, 0.15) is 0 Å². The van der Waals surface area contributed by atoms with Gasteiger partial charge in [0.2, 0.25) is 0 Å². The summed E-state index contributed by atoms with van der Waals surface area (Å²) >= 11 is 6.30. The predicted molar refractivity (Wildman–Crippen MR) is 77.2 cm³/mol. The van der Waals surface area contributed by atoms with Crippen molar-refractivity contribution in [1.29, 1.82) is 0 Å². The number of anilines is 1. The molecule has 1 aromatic heterocycles. The van der Waals surface area contributed by atoms with E-state index in [0.717, 1.165) is 35.0 Å². The highest BCUT2D eigenvalue weighted by molar-refractivity contribution is 6.36. The first-order valence-corrected chi connectivity index (χ1v) is 6.92. The van der Waals surface area contributed by atoms with Gasteiger partial charge in [-0.05, 0) is 49.8 Å². The van der Waals surface area contributed by atoms with Gasteiger partial charge in [0, 0.05) is 16.8 Å². The summed E-state index contributed by atoms with van der Waals surface area (Å²) in [5, 5.41) is 1.66. The molecule has 1 heterocycles. The number of halogens is 1. The van der Waals surface area contributed by atoms with Crippen molar-refractivity contribution in [2.75, 3.05) is 5.73 Å². The van der Waals surface area contributed by atoms with Crippen molar-refractivity contribution in [2.45, 2.75) is 39.0 Å². The van der Waals surface area contributed by atoms with Crippen molar-refractivity contribution in [2.24, 2.45) is 0 Å². The van der Waals surface area contributed by atoms with Crippen molar-refractivity contribution in [3.05, 3.63) is 34.0 Å². The second-order valence-corrected chi connectivity index (χ2v) is 5.51. The fourth-order valence-electron chi connectivity index (χ4n) is 2.84. The van der Waals surface area contributed by atoms with Gasteiger partial charge in [-0.3, -0.25) is 4.98 Å². The average molecular weight is 261 g/mol. The van der Waals surface area contributed by atoms with Crippen LogP contribution in [0.5, 0.6) is 0 Å². The zero-order valence-electron chi connectivity index (χ0n) is 10.6. The smallest absolute Gasteiger partial charge is 0.0770 e. The molecule has 3 heteroatoms. The number of nitrogen functional groups attached to an aromatic ring is 1. The van der Waals surface area contributed by atoms with Gasteiger partial charge in [-0.2, -0.15) is 0 Å². The molecule has 0 atom stereocenters. The van der Waals surface area contributed by atoms with Crippen molar-refractivity contribution in [3.8, 4) is 0 Å². The molecular weight excluding hydrogens is 244 g/mol. The Morgan fingerprint density at radius 1 is 1.17 bits per heavy atom. The highest BCUT2D eigenvalue weighted by Gasteiger charge is 2.17. The third-order valence-corrected chi connectivity index (χ3v) is 4.17. The maximum Gasteiger partial charge on any atom is 0.0770 e. The van der Waals surface area contributed by atoms with Gasteiger partial charge in [0.25, 0.3) is 0 Å². The third-order valence-electron chi connectivity index (χ3n) is 3.86. The minimum Gasteiger partial charge on any atom is -0.398 e. The van der Waals surface area contributed by atoms with E-state index in [4.69, 9.17) is 22.3 Å². The van der Waals surface area contributed by atoms with Crippen LogP contribution in [0, 0.1) is 6.92 Å². The SMILES string of the molecule is Cc1ccc(Cl)c2c(N)c3c(nc12)CCCCC3. The van der Waals surface area contributed by atoms with Gasteiger partial charge in [-0.1, -0.05) is 24.1 Å². The summed E-state index contributed by atoms with van der Waals surface area (Å²) in [4.78, 5) is 4.83. The molecule has 1 aliphatic rings. The van der Waals surface area contributed by atoms with Gasteiger partial charge in [-0.25, -0.2) is 0 Å². The third kappa shape index (κ3) is 1.76. The van der Waals surface area contributed by atoms with E-state index >= 15 is 0 Å². The van der Waals surface area contributed by atoms with E-state index < -0.39 is 0 Å². The molecule has 0 bridgehead atoms. The Balaban J connectivity index is 2.38. The zero-order valence-corrected chi connectivity index (χ0v) is 11.3. The number of hydrogen-bond donors (Lipinski definition) is 1. The summed E-state index contributed by atoms with van der Waals surface area (Å²) in [6.07, 6.45) is 5.76. The fraction of sp³-hybridized carbons (Fsp3) is 0.400. The molecule has 1 aliphatic carbocycles. The molecule has 0 aliphatic heterocycles. The van der Waals surface area contributed by atoms with Crippen LogP contribution in [0.4, 0.5) is 5.69 Å². The van der Waals surface area contributed by atoms with Crippen LogP contribution < -0.4 is 5.73 Å². The number of hydrogen-bond acceptors (Lipinski definition) is 2. The van der Waals surface area contributed by atoms with E-state index in [2.05, 4.69) is 6.92 Å². The first-order valence-electron chi connectivity index (χ1n) is 6.54. The molecule has 0 radical (unpaired) electrons. The Labute approximate surface area is 112 Å². The lowest BCUT2D eigenvalue weighted by atomic mass is 10.0. The van der Waals surface area contributed by atoms with Crippen molar-refractivity contribution in [3.63, 3.8) is 0 Å². The number of fused-ring (bicyclic) bond motifs is 2. The van der Waals surface area contributed by atoms with Crippen LogP contribution in [0.2, 0.25) is 5.02 Å². The summed E-state index contributed by atoms with van der Waals surface area (Å²) in [6, 6.07) is 3.93. The van der Waals surface area contributed by atoms with Gasteiger partial charge >= 0.3 is 0 Å². The molecule has 18 heavy (non-hydrogen) atoms. The Morgan fingerprint density at radius 3 is 2.78 bits per heavy atom. The summed E-state index contributed by atoms with van der Waals surface area (Å²) in [5.41, 5.74) is 11.7. The zero-order chi connectivity index (χ0) is 12.7. The first-order chi connectivity index (χ1) is 8.68. The van der Waals surface area contributed by atoms with Crippen LogP contribution in [-0.2, 0) is 12.8 Å². The molecule has 0 saturated carbocycles. The van der Waals surface area contributed by atoms with Crippen LogP contribution in [0.25, 0.3) is 10.9 Å². The second kappa shape index (κ2) is 4.43. The van der Waals surface area contributed by atoms with E-state index in [1.165, 1.54) is 30.5 Å². The van der Waals surface area contributed by atoms with Crippen molar-refractivity contribution >= 4 is 28.2 Å². The van der Waals surface area contributed by atoms with Crippen LogP contribution >= 0.6 is 11.6 Å². The van der Waals surface area contributed by atoms with Crippen LogP contribution in [0.1, 0.15) is 36.1 Å². The summed E-state index contributed by atoms with van der Waals surface area (Å²) in [7, 11) is 0. The Morgan fingerprint density at radius 2 is 1.94 bits per heavy atom. The quantitative estimate of drug-likeness (QED) is 0.726. The molecule has 2 aromatic rings. The molecule has 0 fully saturated rings. The number of nitrogens with two attached hydrogens (primary N) is 1.